The number of benzene rings is 1. The van der Waals surface area contributed by atoms with Gasteiger partial charge in [-0.25, -0.2) is 0 Å². The van der Waals surface area contributed by atoms with Crippen molar-refractivity contribution < 1.29 is 13.2 Å². The lowest BCUT2D eigenvalue weighted by Crippen LogP contribution is -2.35. The molecule has 4 nitrogen and oxygen atoms in total. The summed E-state index contributed by atoms with van der Waals surface area (Å²) in [6, 6.07) is 5.54. The molecule has 2 aromatic rings. The van der Waals surface area contributed by atoms with Crippen LogP contribution in [0.4, 0.5) is 18.9 Å². The lowest BCUT2D eigenvalue weighted by atomic mass is 10.1. The second-order valence-electron chi connectivity index (χ2n) is 6.31. The van der Waals surface area contributed by atoms with Crippen LogP contribution in [0.25, 0.3) is 0 Å². The Morgan fingerprint density at radius 1 is 1.31 bits per heavy atom. The second kappa shape index (κ2) is 8.07. The van der Waals surface area contributed by atoms with Crippen LogP contribution in [-0.4, -0.2) is 20.9 Å². The van der Waals surface area contributed by atoms with E-state index in [1.807, 2.05) is 20.8 Å². The van der Waals surface area contributed by atoms with Gasteiger partial charge in [0, 0.05) is 6.04 Å². The summed E-state index contributed by atoms with van der Waals surface area (Å²) in [5.41, 5.74) is 2.21. The van der Waals surface area contributed by atoms with Crippen LogP contribution in [0.15, 0.2) is 24.3 Å². The zero-order valence-corrected chi connectivity index (χ0v) is 16.1. The first-order valence-electron chi connectivity index (χ1n) is 8.39. The fourth-order valence-corrected chi connectivity index (χ4v) is 2.83. The lowest BCUT2D eigenvalue weighted by molar-refractivity contribution is -0.137. The normalized spacial score (nSPS) is 12.7. The molecule has 0 aliphatic rings. The van der Waals surface area contributed by atoms with E-state index in [1.165, 1.54) is 6.07 Å². The molecule has 1 aromatic carbocycles. The quantitative estimate of drug-likeness (QED) is 0.737. The van der Waals surface area contributed by atoms with Crippen molar-refractivity contribution in [2.24, 2.45) is 0 Å². The number of hydrogen-bond donors (Lipinski definition) is 2. The van der Waals surface area contributed by atoms with Crippen LogP contribution in [0.3, 0.4) is 0 Å². The summed E-state index contributed by atoms with van der Waals surface area (Å²) in [7, 11) is 0. The van der Waals surface area contributed by atoms with Gasteiger partial charge in [-0.15, -0.1) is 0 Å². The van der Waals surface area contributed by atoms with Gasteiger partial charge in [0.15, 0.2) is 5.11 Å². The highest BCUT2D eigenvalue weighted by atomic mass is 32.1. The molecule has 1 unspecified atom stereocenters. The molecule has 1 atom stereocenters. The van der Waals surface area contributed by atoms with Crippen LogP contribution in [0.5, 0.6) is 0 Å². The number of nitrogens with one attached hydrogen (secondary N) is 2. The predicted octanol–water partition coefficient (Wildman–Crippen LogP) is 4.65. The molecule has 142 valence electrons. The summed E-state index contributed by atoms with van der Waals surface area (Å²) in [5.74, 6) is 0. The van der Waals surface area contributed by atoms with Crippen LogP contribution >= 0.6 is 12.2 Å². The van der Waals surface area contributed by atoms with Crippen molar-refractivity contribution in [1.82, 2.24) is 15.1 Å². The van der Waals surface area contributed by atoms with Gasteiger partial charge in [0.05, 0.1) is 29.2 Å². The molecule has 0 aliphatic heterocycles. The Kier molecular flexibility index (Phi) is 6.28. The van der Waals surface area contributed by atoms with E-state index in [4.69, 9.17) is 12.2 Å². The highest BCUT2D eigenvalue weighted by molar-refractivity contribution is 7.80. The number of alkyl halides is 3. The number of thiocarbonyl (C=S) groups is 1. The van der Waals surface area contributed by atoms with Crippen molar-refractivity contribution in [3.05, 3.63) is 46.8 Å². The van der Waals surface area contributed by atoms with Crippen molar-refractivity contribution in [2.75, 3.05) is 5.32 Å². The fraction of sp³-hybridized carbons (Fsp3) is 0.444. The maximum atomic E-state index is 12.9. The van der Waals surface area contributed by atoms with Gasteiger partial charge in [0.25, 0.3) is 0 Å². The molecule has 0 bridgehead atoms. The lowest BCUT2D eigenvalue weighted by Gasteiger charge is -2.15. The zero-order chi connectivity index (χ0) is 19.5. The Morgan fingerprint density at radius 3 is 2.62 bits per heavy atom. The van der Waals surface area contributed by atoms with E-state index in [-0.39, 0.29) is 12.6 Å². The van der Waals surface area contributed by atoms with E-state index in [0.29, 0.717) is 10.7 Å². The Morgan fingerprint density at radius 2 is 2.00 bits per heavy atom. The molecule has 2 rings (SSSR count). The van der Waals surface area contributed by atoms with Crippen LogP contribution in [0.1, 0.15) is 42.8 Å². The second-order valence-corrected chi connectivity index (χ2v) is 6.72. The summed E-state index contributed by atoms with van der Waals surface area (Å²) < 4.78 is 40.3. The van der Waals surface area contributed by atoms with E-state index < -0.39 is 11.7 Å². The topological polar surface area (TPSA) is 41.9 Å². The van der Waals surface area contributed by atoms with Crippen molar-refractivity contribution in [2.45, 2.75) is 52.9 Å². The summed E-state index contributed by atoms with van der Waals surface area (Å²) in [6.45, 7) is 8.05. The zero-order valence-electron chi connectivity index (χ0n) is 15.2. The highest BCUT2D eigenvalue weighted by Crippen LogP contribution is 2.30. The van der Waals surface area contributed by atoms with Crippen molar-refractivity contribution in [1.29, 1.82) is 0 Å². The van der Waals surface area contributed by atoms with Gasteiger partial charge in [0.2, 0.25) is 0 Å². The van der Waals surface area contributed by atoms with Gasteiger partial charge in [-0.3, -0.25) is 4.68 Å². The number of nitrogens with zero attached hydrogens (tertiary/aromatic N) is 2. The molecule has 0 spiro atoms. The van der Waals surface area contributed by atoms with Crippen LogP contribution in [0.2, 0.25) is 0 Å². The summed E-state index contributed by atoms with van der Waals surface area (Å²) in [6.07, 6.45) is -3.42. The molecule has 8 heteroatoms. The third-order valence-corrected chi connectivity index (χ3v) is 4.42. The predicted molar refractivity (Wildman–Crippen MR) is 101 cm³/mol. The first-order valence-corrected chi connectivity index (χ1v) is 8.80. The average Bonchev–Trinajstić information content (AvgIpc) is 2.81. The maximum absolute atomic E-state index is 12.9. The molecule has 2 N–H and O–H groups in total. The van der Waals surface area contributed by atoms with Crippen LogP contribution in [-0.2, 0) is 12.7 Å². The third kappa shape index (κ3) is 4.97. The number of rotatable bonds is 5. The molecule has 0 saturated carbocycles. The molecule has 0 fully saturated rings. The van der Waals surface area contributed by atoms with E-state index in [2.05, 4.69) is 22.7 Å². The smallest absolute Gasteiger partial charge is 0.360 e. The Balaban J connectivity index is 2.19. The molecule has 1 heterocycles. The number of hydrogen-bond acceptors (Lipinski definition) is 2. The van der Waals surface area contributed by atoms with Gasteiger partial charge in [-0.05, 0) is 57.1 Å². The fourth-order valence-electron chi connectivity index (χ4n) is 2.53. The summed E-state index contributed by atoms with van der Waals surface area (Å²) >= 11 is 5.31. The largest absolute Gasteiger partial charge is 0.416 e. The average molecular weight is 384 g/mol. The number of anilines is 1. The first-order chi connectivity index (χ1) is 12.1. The molecule has 0 aliphatic carbocycles. The molecule has 0 radical (unpaired) electrons. The monoisotopic (exact) mass is 384 g/mol. The Hall–Kier alpha value is -2.09. The van der Waals surface area contributed by atoms with Gasteiger partial charge in [0.1, 0.15) is 0 Å². The first kappa shape index (κ1) is 20.2. The highest BCUT2D eigenvalue weighted by Gasteiger charge is 2.30. The Labute approximate surface area is 156 Å². The molecular formula is C18H23F3N4S. The van der Waals surface area contributed by atoms with Crippen LogP contribution < -0.4 is 10.6 Å². The SMILES string of the molecule is CCC(C)NC(=S)Nc1c(C)nn(Cc2cccc(C(F)(F)F)c2)c1C. The molecular weight excluding hydrogens is 361 g/mol. The molecule has 0 saturated heterocycles. The minimum atomic E-state index is -4.36. The minimum absolute atomic E-state index is 0.246. The third-order valence-electron chi connectivity index (χ3n) is 4.20. The molecule has 0 amide bonds. The molecule has 26 heavy (non-hydrogen) atoms. The number of aromatic nitrogens is 2. The van der Waals surface area contributed by atoms with E-state index in [9.17, 15) is 13.2 Å². The summed E-state index contributed by atoms with van der Waals surface area (Å²) in [5, 5.41) is 11.3. The van der Waals surface area contributed by atoms with Gasteiger partial charge in [-0.2, -0.15) is 18.3 Å². The van der Waals surface area contributed by atoms with E-state index >= 15 is 0 Å². The van der Waals surface area contributed by atoms with E-state index in [0.717, 1.165) is 35.6 Å². The van der Waals surface area contributed by atoms with Crippen molar-refractivity contribution in [3.63, 3.8) is 0 Å². The van der Waals surface area contributed by atoms with E-state index in [1.54, 1.807) is 10.7 Å². The number of halogens is 3. The van der Waals surface area contributed by atoms with Gasteiger partial charge >= 0.3 is 6.18 Å². The van der Waals surface area contributed by atoms with Crippen molar-refractivity contribution in [3.8, 4) is 0 Å². The maximum Gasteiger partial charge on any atom is 0.416 e. The van der Waals surface area contributed by atoms with Crippen molar-refractivity contribution >= 4 is 23.0 Å². The summed E-state index contributed by atoms with van der Waals surface area (Å²) in [4.78, 5) is 0. The van der Waals surface area contributed by atoms with Gasteiger partial charge < -0.3 is 10.6 Å². The standard InChI is InChI=1S/C18H23F3N4S/c1-5-11(2)22-17(26)23-16-12(3)24-25(13(16)4)10-14-7-6-8-15(9-14)18(19,20)21/h6-9,11H,5,10H2,1-4H3,(H2,22,23,26). The van der Waals surface area contributed by atoms with Crippen LogP contribution in [0, 0.1) is 13.8 Å². The minimum Gasteiger partial charge on any atom is -0.360 e. The Bertz CT molecular complexity index is 783. The number of aryl methyl sites for hydroxylation is 1. The van der Waals surface area contributed by atoms with Gasteiger partial charge in [-0.1, -0.05) is 19.1 Å². The molecule has 1 aromatic heterocycles.